The van der Waals surface area contributed by atoms with E-state index in [1.54, 1.807) is 12.1 Å². The van der Waals surface area contributed by atoms with Crippen molar-refractivity contribution in [3.63, 3.8) is 0 Å². The highest BCUT2D eigenvalue weighted by atomic mass is 19.1. The van der Waals surface area contributed by atoms with Crippen LogP contribution in [-0.2, 0) is 6.54 Å². The molecule has 0 aliphatic carbocycles. The van der Waals surface area contributed by atoms with Gasteiger partial charge < -0.3 is 15.2 Å². The summed E-state index contributed by atoms with van der Waals surface area (Å²) in [4.78, 5) is 0. The molecule has 0 aromatic heterocycles. The zero-order valence-electron chi connectivity index (χ0n) is 10.8. The van der Waals surface area contributed by atoms with Crippen LogP contribution < -0.4 is 15.2 Å². The van der Waals surface area contributed by atoms with Crippen molar-refractivity contribution in [2.75, 3.05) is 13.2 Å². The lowest BCUT2D eigenvalue weighted by Crippen LogP contribution is -2.10. The van der Waals surface area contributed by atoms with Crippen molar-refractivity contribution < 1.29 is 18.3 Å². The molecule has 0 saturated carbocycles. The van der Waals surface area contributed by atoms with Crippen LogP contribution in [0, 0.1) is 11.6 Å². The minimum absolute atomic E-state index is 0.0521. The lowest BCUT2D eigenvalue weighted by molar-refractivity contribution is 0.205. The molecule has 0 fully saturated rings. The van der Waals surface area contributed by atoms with Gasteiger partial charge in [-0.3, -0.25) is 0 Å². The van der Waals surface area contributed by atoms with Gasteiger partial charge in [0.1, 0.15) is 19.0 Å². The van der Waals surface area contributed by atoms with Gasteiger partial charge in [-0.15, -0.1) is 0 Å². The van der Waals surface area contributed by atoms with E-state index in [0.29, 0.717) is 12.3 Å². The smallest absolute Gasteiger partial charge is 0.190 e. The van der Waals surface area contributed by atoms with Crippen molar-refractivity contribution in [1.29, 1.82) is 0 Å². The summed E-state index contributed by atoms with van der Waals surface area (Å²) >= 11 is 0. The molecule has 2 N–H and O–H groups in total. The average Bonchev–Trinajstić information content (AvgIpc) is 2.46. The maximum absolute atomic E-state index is 13.3. The normalized spacial score (nSPS) is 10.3. The van der Waals surface area contributed by atoms with Gasteiger partial charge in [-0.2, -0.15) is 0 Å². The van der Waals surface area contributed by atoms with E-state index in [0.717, 1.165) is 17.7 Å². The second-order valence-electron chi connectivity index (χ2n) is 4.10. The number of hydrogen-bond donors (Lipinski definition) is 1. The average molecular weight is 279 g/mol. The van der Waals surface area contributed by atoms with Crippen LogP contribution in [0.4, 0.5) is 8.78 Å². The van der Waals surface area contributed by atoms with Crippen LogP contribution in [0.25, 0.3) is 0 Å². The Morgan fingerprint density at radius 1 is 0.850 bits per heavy atom. The molecule has 0 aliphatic heterocycles. The summed E-state index contributed by atoms with van der Waals surface area (Å²) in [6.45, 7) is 0.711. The largest absolute Gasteiger partial charge is 0.490 e. The first kappa shape index (κ1) is 14.3. The Kier molecular flexibility index (Phi) is 4.90. The molecule has 0 saturated heterocycles. The zero-order chi connectivity index (χ0) is 14.4. The van der Waals surface area contributed by atoms with Gasteiger partial charge in [-0.1, -0.05) is 18.2 Å². The Balaban J connectivity index is 1.81. The summed E-state index contributed by atoms with van der Waals surface area (Å²) in [6.07, 6.45) is 0. The van der Waals surface area contributed by atoms with Crippen LogP contribution in [0.2, 0.25) is 0 Å². The highest BCUT2D eigenvalue weighted by molar-refractivity contribution is 5.27. The quantitative estimate of drug-likeness (QED) is 0.827. The number of hydrogen-bond acceptors (Lipinski definition) is 3. The maximum Gasteiger partial charge on any atom is 0.190 e. The molecule has 2 aromatic carbocycles. The van der Waals surface area contributed by atoms with Gasteiger partial charge in [0, 0.05) is 6.54 Å². The highest BCUT2D eigenvalue weighted by Crippen LogP contribution is 2.20. The third-order valence-corrected chi connectivity index (χ3v) is 2.68. The van der Waals surface area contributed by atoms with Crippen molar-refractivity contribution in [3.05, 3.63) is 59.7 Å². The van der Waals surface area contributed by atoms with Crippen LogP contribution in [-0.4, -0.2) is 13.2 Å². The van der Waals surface area contributed by atoms with E-state index >= 15 is 0 Å². The fourth-order valence-electron chi connectivity index (χ4n) is 1.65. The molecular formula is C15H15F2NO2. The molecule has 0 aliphatic rings. The first-order valence-electron chi connectivity index (χ1n) is 6.19. The van der Waals surface area contributed by atoms with E-state index in [-0.39, 0.29) is 19.0 Å². The lowest BCUT2D eigenvalue weighted by atomic mass is 10.2. The molecule has 0 heterocycles. The third-order valence-electron chi connectivity index (χ3n) is 2.68. The van der Waals surface area contributed by atoms with E-state index < -0.39 is 11.6 Å². The Labute approximate surface area is 115 Å². The molecule has 2 rings (SSSR count). The fourth-order valence-corrected chi connectivity index (χ4v) is 1.65. The number of rotatable bonds is 6. The molecule has 0 spiro atoms. The fraction of sp³-hybridized carbons (Fsp3) is 0.200. The van der Waals surface area contributed by atoms with E-state index in [2.05, 4.69) is 0 Å². The van der Waals surface area contributed by atoms with E-state index in [1.807, 2.05) is 12.1 Å². The molecule has 20 heavy (non-hydrogen) atoms. The second kappa shape index (κ2) is 6.86. The van der Waals surface area contributed by atoms with Gasteiger partial charge in [0.25, 0.3) is 0 Å². The first-order chi connectivity index (χ1) is 9.70. The zero-order valence-corrected chi connectivity index (χ0v) is 10.8. The Morgan fingerprint density at radius 2 is 1.45 bits per heavy atom. The predicted octanol–water partition coefficient (Wildman–Crippen LogP) is 2.88. The molecule has 0 atom stereocenters. The Morgan fingerprint density at radius 3 is 2.05 bits per heavy atom. The molecule has 3 nitrogen and oxygen atoms in total. The SMILES string of the molecule is NCc1ccc(OCCOc2c(F)cccc2F)cc1. The lowest BCUT2D eigenvalue weighted by Gasteiger charge is -2.09. The van der Waals surface area contributed by atoms with Crippen LogP contribution in [0.3, 0.4) is 0 Å². The van der Waals surface area contributed by atoms with Gasteiger partial charge >= 0.3 is 0 Å². The topological polar surface area (TPSA) is 44.5 Å². The maximum atomic E-state index is 13.3. The van der Waals surface area contributed by atoms with Crippen LogP contribution >= 0.6 is 0 Å². The van der Waals surface area contributed by atoms with E-state index in [9.17, 15) is 8.78 Å². The highest BCUT2D eigenvalue weighted by Gasteiger charge is 2.09. The molecular weight excluding hydrogens is 264 g/mol. The second-order valence-corrected chi connectivity index (χ2v) is 4.10. The molecule has 106 valence electrons. The molecule has 2 aromatic rings. The molecule has 5 heteroatoms. The summed E-state index contributed by atoms with van der Waals surface area (Å²) in [7, 11) is 0. The van der Waals surface area contributed by atoms with Gasteiger partial charge in [-0.05, 0) is 29.8 Å². The van der Waals surface area contributed by atoms with Gasteiger partial charge in [0.2, 0.25) is 0 Å². The summed E-state index contributed by atoms with van der Waals surface area (Å²) in [5.74, 6) is -1.18. The Bertz CT molecular complexity index is 538. The van der Waals surface area contributed by atoms with Crippen molar-refractivity contribution in [2.45, 2.75) is 6.54 Å². The first-order valence-corrected chi connectivity index (χ1v) is 6.19. The molecule has 0 bridgehead atoms. The standard InChI is InChI=1S/C15H15F2NO2/c16-13-2-1-3-14(17)15(13)20-9-8-19-12-6-4-11(10-18)5-7-12/h1-7H,8-10,18H2. The summed E-state index contributed by atoms with van der Waals surface area (Å²) in [6, 6.07) is 10.8. The van der Waals surface area contributed by atoms with Gasteiger partial charge in [-0.25, -0.2) is 8.78 Å². The molecule has 0 unspecified atom stereocenters. The molecule has 0 radical (unpaired) electrons. The number of ether oxygens (including phenoxy) is 2. The summed E-state index contributed by atoms with van der Waals surface area (Å²) in [5.41, 5.74) is 6.48. The number of nitrogens with two attached hydrogens (primary N) is 1. The number of para-hydroxylation sites is 1. The number of halogens is 2. The number of benzene rings is 2. The van der Waals surface area contributed by atoms with Crippen molar-refractivity contribution in [1.82, 2.24) is 0 Å². The monoisotopic (exact) mass is 279 g/mol. The van der Waals surface area contributed by atoms with Crippen LogP contribution in [0.15, 0.2) is 42.5 Å². The van der Waals surface area contributed by atoms with Crippen LogP contribution in [0.5, 0.6) is 11.5 Å². The van der Waals surface area contributed by atoms with E-state index in [4.69, 9.17) is 15.2 Å². The van der Waals surface area contributed by atoms with Crippen molar-refractivity contribution in [2.24, 2.45) is 5.73 Å². The minimum Gasteiger partial charge on any atom is -0.490 e. The van der Waals surface area contributed by atoms with Gasteiger partial charge in [0.15, 0.2) is 17.4 Å². The summed E-state index contributed by atoms with van der Waals surface area (Å²) < 4.78 is 37.0. The van der Waals surface area contributed by atoms with Gasteiger partial charge in [0.05, 0.1) is 0 Å². The Hall–Kier alpha value is -2.14. The van der Waals surface area contributed by atoms with Crippen molar-refractivity contribution >= 4 is 0 Å². The minimum atomic E-state index is -0.725. The van der Waals surface area contributed by atoms with Crippen LogP contribution in [0.1, 0.15) is 5.56 Å². The molecule has 0 amide bonds. The van der Waals surface area contributed by atoms with E-state index in [1.165, 1.54) is 6.07 Å². The predicted molar refractivity (Wildman–Crippen MR) is 71.7 cm³/mol. The summed E-state index contributed by atoms with van der Waals surface area (Å²) in [5, 5.41) is 0. The third kappa shape index (κ3) is 3.68. The van der Waals surface area contributed by atoms with Crippen molar-refractivity contribution in [3.8, 4) is 11.5 Å².